The van der Waals surface area contributed by atoms with Crippen LogP contribution in [0.5, 0.6) is 0 Å². The summed E-state index contributed by atoms with van der Waals surface area (Å²) in [6.07, 6.45) is 3.97. The molecule has 5 rings (SSSR count). The maximum atomic E-state index is 5.13. The fourth-order valence-electron chi connectivity index (χ4n) is 4.06. The van der Waals surface area contributed by atoms with Crippen LogP contribution in [-0.4, -0.2) is 16.2 Å². The summed E-state index contributed by atoms with van der Waals surface area (Å²) in [5, 5.41) is 4.58. The molecule has 0 saturated carbocycles. The molecule has 0 amide bonds. The van der Waals surface area contributed by atoms with E-state index in [1.54, 1.807) is 23.1 Å². The highest BCUT2D eigenvalue weighted by Crippen LogP contribution is 2.41. The van der Waals surface area contributed by atoms with E-state index in [4.69, 9.17) is 4.98 Å². The van der Waals surface area contributed by atoms with Gasteiger partial charge in [0.2, 0.25) is 0 Å². The summed E-state index contributed by atoms with van der Waals surface area (Å²) in [7, 11) is 0. The van der Waals surface area contributed by atoms with Gasteiger partial charge in [-0.25, -0.2) is 9.97 Å². The van der Waals surface area contributed by atoms with E-state index in [-0.39, 0.29) is 6.04 Å². The Kier molecular flexibility index (Phi) is 6.98. The molecule has 174 valence electrons. The van der Waals surface area contributed by atoms with Crippen LogP contribution in [0.25, 0.3) is 32.3 Å². The molecule has 2 heterocycles. The van der Waals surface area contributed by atoms with Gasteiger partial charge < -0.3 is 5.32 Å². The molecule has 0 aliphatic rings. The van der Waals surface area contributed by atoms with Crippen LogP contribution in [0.4, 0.5) is 5.82 Å². The van der Waals surface area contributed by atoms with Gasteiger partial charge in [0, 0.05) is 28.3 Å². The Morgan fingerprint density at radius 1 is 0.829 bits per heavy atom. The van der Waals surface area contributed by atoms with Gasteiger partial charge in [-0.05, 0) is 61.6 Å². The largest absolute Gasteiger partial charge is 0.364 e. The van der Waals surface area contributed by atoms with Crippen molar-refractivity contribution in [3.05, 3.63) is 108 Å². The van der Waals surface area contributed by atoms with Crippen LogP contribution >= 0.6 is 23.1 Å². The number of anilines is 1. The third-order valence-electron chi connectivity index (χ3n) is 5.94. The normalized spacial score (nSPS) is 11.9. The molecule has 1 N–H and O–H groups in total. The van der Waals surface area contributed by atoms with Gasteiger partial charge in [0.25, 0.3) is 0 Å². The summed E-state index contributed by atoms with van der Waals surface area (Å²) in [6, 6.07) is 32.0. The van der Waals surface area contributed by atoms with Gasteiger partial charge in [-0.2, -0.15) is 0 Å². The first-order chi connectivity index (χ1) is 17.1. The zero-order valence-corrected chi connectivity index (χ0v) is 21.7. The molecule has 2 aromatic heterocycles. The number of hydrogen-bond donors (Lipinski definition) is 1. The van der Waals surface area contributed by atoms with Crippen molar-refractivity contribution >= 4 is 28.9 Å². The predicted molar refractivity (Wildman–Crippen MR) is 151 cm³/mol. The molecule has 0 aliphatic carbocycles. The number of benzene rings is 3. The number of aryl methyl sites for hydroxylation is 1. The maximum absolute atomic E-state index is 5.13. The van der Waals surface area contributed by atoms with E-state index in [0.29, 0.717) is 0 Å². The first kappa shape index (κ1) is 23.3. The van der Waals surface area contributed by atoms with Crippen molar-refractivity contribution in [1.82, 2.24) is 9.97 Å². The molecule has 0 fully saturated rings. The fourth-order valence-corrected chi connectivity index (χ4v) is 5.56. The smallest absolute Gasteiger partial charge is 0.126 e. The molecule has 3 nitrogen and oxygen atoms in total. The van der Waals surface area contributed by atoms with Gasteiger partial charge in [0.1, 0.15) is 10.8 Å². The number of thioether (sulfide) groups is 1. The van der Waals surface area contributed by atoms with Crippen LogP contribution in [0.2, 0.25) is 0 Å². The first-order valence-corrected chi connectivity index (χ1v) is 13.6. The van der Waals surface area contributed by atoms with Crippen molar-refractivity contribution in [3.63, 3.8) is 0 Å². The lowest BCUT2D eigenvalue weighted by atomic mass is 10.1. The number of thiazole rings is 1. The zero-order chi connectivity index (χ0) is 24.2. The van der Waals surface area contributed by atoms with Crippen molar-refractivity contribution in [2.24, 2.45) is 0 Å². The summed E-state index contributed by atoms with van der Waals surface area (Å²) in [4.78, 5) is 12.1. The van der Waals surface area contributed by atoms with E-state index in [9.17, 15) is 0 Å². The minimum Gasteiger partial charge on any atom is -0.364 e. The predicted octanol–water partition coefficient (Wildman–Crippen LogP) is 8.74. The Hall–Kier alpha value is -3.41. The quantitative estimate of drug-likeness (QED) is 0.230. The molecule has 5 aromatic rings. The van der Waals surface area contributed by atoms with Crippen molar-refractivity contribution in [1.29, 1.82) is 0 Å². The molecule has 0 aliphatic heterocycles. The molecule has 35 heavy (non-hydrogen) atoms. The van der Waals surface area contributed by atoms with Gasteiger partial charge >= 0.3 is 0 Å². The summed E-state index contributed by atoms with van der Waals surface area (Å²) in [6.45, 7) is 4.28. The number of nitrogens with one attached hydrogen (secondary N) is 1. The third-order valence-corrected chi connectivity index (χ3v) is 7.84. The minimum atomic E-state index is 0.155. The van der Waals surface area contributed by atoms with E-state index >= 15 is 0 Å². The Labute approximate surface area is 215 Å². The Bertz CT molecular complexity index is 1430. The molecular weight excluding hydrogens is 466 g/mol. The lowest BCUT2D eigenvalue weighted by Gasteiger charge is -2.15. The molecule has 0 spiro atoms. The Morgan fingerprint density at radius 2 is 1.63 bits per heavy atom. The Morgan fingerprint density at radius 3 is 2.37 bits per heavy atom. The fraction of sp³-hybridized carbons (Fsp3) is 0.133. The van der Waals surface area contributed by atoms with E-state index in [2.05, 4.69) is 115 Å². The van der Waals surface area contributed by atoms with Gasteiger partial charge in [0.15, 0.2) is 0 Å². The van der Waals surface area contributed by atoms with Crippen molar-refractivity contribution < 1.29 is 0 Å². The van der Waals surface area contributed by atoms with Crippen molar-refractivity contribution in [3.8, 4) is 32.3 Å². The Balaban J connectivity index is 1.55. The van der Waals surface area contributed by atoms with Crippen molar-refractivity contribution in [2.45, 2.75) is 24.8 Å². The number of rotatable bonds is 7. The van der Waals surface area contributed by atoms with Crippen LogP contribution in [0.1, 0.15) is 24.1 Å². The third kappa shape index (κ3) is 5.31. The lowest BCUT2D eigenvalue weighted by Crippen LogP contribution is -2.07. The molecule has 0 saturated heterocycles. The van der Waals surface area contributed by atoms with E-state index < -0.39 is 0 Å². The lowest BCUT2D eigenvalue weighted by molar-refractivity contribution is 0.875. The highest BCUT2D eigenvalue weighted by molar-refractivity contribution is 7.98. The first-order valence-electron chi connectivity index (χ1n) is 11.6. The standard InChI is InChI=1S/C30H27N3S2/c1-20-8-7-11-24(18-20)28-29(35-30(33-28)23-12-14-26(34-3)15-13-23)25-16-17-31-27(19-25)32-21(2)22-9-5-4-6-10-22/h4-19,21H,1-3H3,(H,31,32)/t21-/m0/s1. The topological polar surface area (TPSA) is 37.8 Å². The average Bonchev–Trinajstić information content (AvgIpc) is 3.35. The zero-order valence-electron chi connectivity index (χ0n) is 20.0. The van der Waals surface area contributed by atoms with Gasteiger partial charge in [0.05, 0.1) is 10.6 Å². The van der Waals surface area contributed by atoms with Crippen LogP contribution in [0.3, 0.4) is 0 Å². The second kappa shape index (κ2) is 10.5. The minimum absolute atomic E-state index is 0.155. The van der Waals surface area contributed by atoms with Gasteiger partial charge in [-0.1, -0.05) is 66.2 Å². The average molecular weight is 494 g/mol. The van der Waals surface area contributed by atoms with E-state index in [1.165, 1.54) is 16.0 Å². The summed E-state index contributed by atoms with van der Waals surface area (Å²) >= 11 is 3.48. The highest BCUT2D eigenvalue weighted by atomic mass is 32.2. The summed E-state index contributed by atoms with van der Waals surface area (Å²) < 4.78 is 0. The molecule has 5 heteroatoms. The van der Waals surface area contributed by atoms with Crippen LogP contribution in [-0.2, 0) is 0 Å². The second-order valence-corrected chi connectivity index (χ2v) is 10.4. The SMILES string of the molecule is CSc1ccc(-c2nc(-c3cccc(C)c3)c(-c3ccnc(N[C@@H](C)c4ccccc4)c3)s2)cc1. The van der Waals surface area contributed by atoms with Gasteiger partial charge in [-0.15, -0.1) is 23.1 Å². The number of pyridine rings is 1. The van der Waals surface area contributed by atoms with Gasteiger partial charge in [-0.3, -0.25) is 0 Å². The molecule has 1 atom stereocenters. The molecule has 0 unspecified atom stereocenters. The summed E-state index contributed by atoms with van der Waals surface area (Å²) in [5.41, 5.74) is 6.85. The highest BCUT2D eigenvalue weighted by Gasteiger charge is 2.17. The van der Waals surface area contributed by atoms with Crippen LogP contribution < -0.4 is 5.32 Å². The van der Waals surface area contributed by atoms with Crippen LogP contribution in [0, 0.1) is 6.92 Å². The van der Waals surface area contributed by atoms with Crippen molar-refractivity contribution in [2.75, 3.05) is 11.6 Å². The maximum Gasteiger partial charge on any atom is 0.126 e. The second-order valence-electron chi connectivity index (χ2n) is 8.50. The number of nitrogens with zero attached hydrogens (tertiary/aromatic N) is 2. The van der Waals surface area contributed by atoms with E-state index in [0.717, 1.165) is 38.1 Å². The van der Waals surface area contributed by atoms with E-state index in [1.807, 2.05) is 12.3 Å². The number of aromatic nitrogens is 2. The molecular formula is C30H27N3S2. The molecule has 0 radical (unpaired) electrons. The molecule has 3 aromatic carbocycles. The summed E-state index contributed by atoms with van der Waals surface area (Å²) in [5.74, 6) is 0.855. The van der Waals surface area contributed by atoms with Crippen LogP contribution in [0.15, 0.2) is 102 Å². The molecule has 0 bridgehead atoms. The number of hydrogen-bond acceptors (Lipinski definition) is 5. The monoisotopic (exact) mass is 493 g/mol.